The molecule has 0 bridgehead atoms. The summed E-state index contributed by atoms with van der Waals surface area (Å²) in [7, 11) is 1.59. The Kier molecular flexibility index (Phi) is 17.1. The first-order valence-electron chi connectivity index (χ1n) is 12.0. The van der Waals surface area contributed by atoms with E-state index in [1.165, 1.54) is 83.5 Å². The maximum atomic E-state index is 11.8. The lowest BCUT2D eigenvalue weighted by atomic mass is 10.0. The Morgan fingerprint density at radius 1 is 0.700 bits per heavy atom. The van der Waals surface area contributed by atoms with Crippen molar-refractivity contribution in [3.63, 3.8) is 0 Å². The summed E-state index contributed by atoms with van der Waals surface area (Å²) in [5.41, 5.74) is 0.459. The van der Waals surface area contributed by atoms with Crippen molar-refractivity contribution in [3.8, 4) is 5.75 Å². The molecule has 1 aromatic rings. The van der Waals surface area contributed by atoms with Crippen molar-refractivity contribution in [2.75, 3.05) is 13.7 Å². The van der Waals surface area contributed by atoms with Crippen molar-refractivity contribution in [1.29, 1.82) is 0 Å². The van der Waals surface area contributed by atoms with Gasteiger partial charge >= 0.3 is 5.97 Å². The zero-order valence-corrected chi connectivity index (χ0v) is 19.2. The summed E-state index contributed by atoms with van der Waals surface area (Å²) in [5.74, 6) is 0.241. The molecule has 1 radical (unpaired) electrons. The second-order valence-corrected chi connectivity index (χ2v) is 8.08. The summed E-state index contributed by atoms with van der Waals surface area (Å²) < 4.78 is 5.06. The second-order valence-electron chi connectivity index (χ2n) is 8.08. The van der Waals surface area contributed by atoms with Crippen molar-refractivity contribution in [3.05, 3.63) is 36.8 Å². The lowest BCUT2D eigenvalue weighted by Crippen LogP contribution is -2.07. The van der Waals surface area contributed by atoms with Crippen LogP contribution in [0.15, 0.2) is 24.3 Å². The number of carbonyl (C=O) groups excluding carboxylic acids is 1. The number of hydrogen-bond donors (Lipinski definition) is 0. The smallest absolute Gasteiger partial charge is 0.373 e. The molecule has 0 saturated heterocycles. The molecule has 1 rings (SSSR count). The van der Waals surface area contributed by atoms with Crippen molar-refractivity contribution < 1.29 is 19.3 Å². The predicted molar refractivity (Wildman–Crippen MR) is 124 cm³/mol. The third-order valence-corrected chi connectivity index (χ3v) is 5.44. The van der Waals surface area contributed by atoms with Gasteiger partial charge in [-0.25, -0.2) is 4.79 Å². The van der Waals surface area contributed by atoms with Crippen LogP contribution < -0.4 is 4.74 Å². The second kappa shape index (κ2) is 19.4. The van der Waals surface area contributed by atoms with E-state index in [-0.39, 0.29) is 0 Å². The molecule has 0 N–H and O–H groups in total. The van der Waals surface area contributed by atoms with Crippen molar-refractivity contribution in [2.45, 2.75) is 103 Å². The molecule has 0 spiro atoms. The first kappa shape index (κ1) is 26.5. The zero-order valence-electron chi connectivity index (χ0n) is 19.2. The van der Waals surface area contributed by atoms with Crippen LogP contribution in [0, 0.1) is 6.92 Å². The Hall–Kier alpha value is -1.55. The number of hydrogen-bond acceptors (Lipinski definition) is 4. The van der Waals surface area contributed by atoms with E-state index in [0.717, 1.165) is 19.3 Å². The summed E-state index contributed by atoms with van der Waals surface area (Å²) in [6.07, 6.45) is 20.8. The summed E-state index contributed by atoms with van der Waals surface area (Å²) in [6.45, 7) is 4.35. The fraction of sp³-hybridized carbons (Fsp3) is 0.692. The number of carbonyl (C=O) groups is 1. The minimum Gasteiger partial charge on any atom is -0.497 e. The largest absolute Gasteiger partial charge is 0.497 e. The Morgan fingerprint density at radius 3 is 1.57 bits per heavy atom. The molecule has 171 valence electrons. The standard InChI is InChI=1S/C26H43O4/c1-3-4-5-6-7-8-9-10-11-12-13-14-15-16-17-18-23-29-30-26(27)24-19-21-25(28-2)22-20-24/h19-22H,1,3-18,23H2,2H3. The molecule has 0 heterocycles. The van der Waals surface area contributed by atoms with Gasteiger partial charge in [0.25, 0.3) is 0 Å². The van der Waals surface area contributed by atoms with Gasteiger partial charge in [0.1, 0.15) is 5.75 Å². The average Bonchev–Trinajstić information content (AvgIpc) is 2.78. The highest BCUT2D eigenvalue weighted by atomic mass is 17.2. The lowest BCUT2D eigenvalue weighted by Gasteiger charge is -2.05. The fourth-order valence-corrected chi connectivity index (χ4v) is 3.51. The molecule has 1 aromatic carbocycles. The third kappa shape index (κ3) is 14.4. The van der Waals surface area contributed by atoms with E-state index >= 15 is 0 Å². The molecule has 0 aliphatic carbocycles. The van der Waals surface area contributed by atoms with Gasteiger partial charge in [0.15, 0.2) is 0 Å². The summed E-state index contributed by atoms with van der Waals surface area (Å²) in [6, 6.07) is 6.78. The van der Waals surface area contributed by atoms with Gasteiger partial charge < -0.3 is 4.74 Å². The van der Waals surface area contributed by atoms with Crippen LogP contribution in [0.2, 0.25) is 0 Å². The lowest BCUT2D eigenvalue weighted by molar-refractivity contribution is -0.241. The number of unbranched alkanes of at least 4 members (excludes halogenated alkanes) is 15. The topological polar surface area (TPSA) is 44.8 Å². The number of ether oxygens (including phenoxy) is 1. The van der Waals surface area contributed by atoms with E-state index in [0.29, 0.717) is 17.9 Å². The quantitative estimate of drug-likeness (QED) is 0.123. The molecule has 0 saturated carbocycles. The van der Waals surface area contributed by atoms with Crippen LogP contribution >= 0.6 is 0 Å². The van der Waals surface area contributed by atoms with Crippen LogP contribution in [0.4, 0.5) is 0 Å². The van der Waals surface area contributed by atoms with Gasteiger partial charge in [0, 0.05) is 0 Å². The SMILES string of the molecule is [CH2]CCCCCCCCCCCCCCCCCOOC(=O)c1ccc(OC)cc1. The molecular weight excluding hydrogens is 376 g/mol. The van der Waals surface area contributed by atoms with E-state index < -0.39 is 5.97 Å². The highest BCUT2D eigenvalue weighted by molar-refractivity contribution is 5.89. The van der Waals surface area contributed by atoms with Crippen LogP contribution in [0.25, 0.3) is 0 Å². The normalized spacial score (nSPS) is 10.9. The monoisotopic (exact) mass is 419 g/mol. The molecular formula is C26H43O4. The number of methoxy groups -OCH3 is 1. The van der Waals surface area contributed by atoms with Gasteiger partial charge in [0.2, 0.25) is 0 Å². The molecule has 0 aromatic heterocycles. The first-order valence-corrected chi connectivity index (χ1v) is 12.0. The summed E-state index contributed by atoms with van der Waals surface area (Å²) >= 11 is 0. The Bertz CT molecular complexity index is 512. The Labute approximate surface area is 184 Å². The van der Waals surface area contributed by atoms with Gasteiger partial charge in [-0.05, 0) is 30.7 Å². The van der Waals surface area contributed by atoms with Gasteiger partial charge in [-0.3, -0.25) is 4.89 Å². The molecule has 0 fully saturated rings. The van der Waals surface area contributed by atoms with Crippen molar-refractivity contribution in [2.24, 2.45) is 0 Å². The van der Waals surface area contributed by atoms with Crippen LogP contribution in [0.3, 0.4) is 0 Å². The molecule has 4 heteroatoms. The number of rotatable bonds is 20. The Balaban J connectivity index is 1.79. The molecule has 0 aliphatic heterocycles. The van der Waals surface area contributed by atoms with E-state index in [9.17, 15) is 4.79 Å². The molecule has 0 aliphatic rings. The van der Waals surface area contributed by atoms with Crippen LogP contribution in [0.5, 0.6) is 5.75 Å². The average molecular weight is 420 g/mol. The summed E-state index contributed by atoms with van der Waals surface area (Å²) in [5, 5.41) is 0. The molecule has 4 nitrogen and oxygen atoms in total. The maximum absolute atomic E-state index is 11.8. The molecule has 0 unspecified atom stereocenters. The van der Waals surface area contributed by atoms with Gasteiger partial charge in [-0.2, -0.15) is 4.89 Å². The van der Waals surface area contributed by atoms with E-state index in [1.807, 2.05) is 0 Å². The maximum Gasteiger partial charge on any atom is 0.373 e. The molecule has 30 heavy (non-hydrogen) atoms. The Morgan fingerprint density at radius 2 is 1.13 bits per heavy atom. The van der Waals surface area contributed by atoms with Gasteiger partial charge in [-0.15, -0.1) is 0 Å². The number of benzene rings is 1. The fourth-order valence-electron chi connectivity index (χ4n) is 3.51. The van der Waals surface area contributed by atoms with Crippen LogP contribution in [0.1, 0.15) is 113 Å². The first-order chi connectivity index (χ1) is 14.8. The highest BCUT2D eigenvalue weighted by Gasteiger charge is 2.08. The van der Waals surface area contributed by atoms with Gasteiger partial charge in [0.05, 0.1) is 19.3 Å². The van der Waals surface area contributed by atoms with E-state index in [2.05, 4.69) is 6.92 Å². The minimum absolute atomic E-state index is 0.456. The summed E-state index contributed by atoms with van der Waals surface area (Å²) in [4.78, 5) is 21.7. The highest BCUT2D eigenvalue weighted by Crippen LogP contribution is 2.14. The van der Waals surface area contributed by atoms with Crippen molar-refractivity contribution >= 4 is 5.97 Å². The third-order valence-electron chi connectivity index (χ3n) is 5.44. The van der Waals surface area contributed by atoms with E-state index in [1.54, 1.807) is 31.4 Å². The molecule has 0 amide bonds. The minimum atomic E-state index is -0.466. The van der Waals surface area contributed by atoms with E-state index in [4.69, 9.17) is 14.5 Å². The zero-order chi connectivity index (χ0) is 21.7. The van der Waals surface area contributed by atoms with Crippen LogP contribution in [-0.2, 0) is 9.78 Å². The van der Waals surface area contributed by atoms with Crippen molar-refractivity contribution in [1.82, 2.24) is 0 Å². The predicted octanol–water partition coefficient (Wildman–Crippen LogP) is 7.86. The van der Waals surface area contributed by atoms with Gasteiger partial charge in [-0.1, -0.05) is 103 Å². The molecule has 0 atom stereocenters. The van der Waals surface area contributed by atoms with Crippen LogP contribution in [-0.4, -0.2) is 19.7 Å².